The van der Waals surface area contributed by atoms with Crippen LogP contribution in [0.4, 0.5) is 5.69 Å². The van der Waals surface area contributed by atoms with E-state index in [1.54, 1.807) is 12.3 Å². The van der Waals surface area contributed by atoms with Gasteiger partial charge in [0.15, 0.2) is 0 Å². The van der Waals surface area contributed by atoms with Crippen LogP contribution in [0.3, 0.4) is 0 Å². The van der Waals surface area contributed by atoms with Gasteiger partial charge in [0.1, 0.15) is 0 Å². The fraction of sp³-hybridized carbons (Fsp3) is 0.333. The monoisotopic (exact) mass is 173 g/mol. The number of nitrogens with zero attached hydrogens (tertiary/aromatic N) is 1. The van der Waals surface area contributed by atoms with Crippen molar-refractivity contribution in [2.45, 2.75) is 6.92 Å². The molecular weight excluding hydrogens is 166 g/mol. The van der Waals surface area contributed by atoms with E-state index in [4.69, 9.17) is 4.74 Å². The molecule has 1 aromatic rings. The maximum atomic E-state index is 10.3. The second-order valence-electron chi connectivity index (χ2n) is 1.78. The fourth-order valence-corrected chi connectivity index (χ4v) is 1.43. The Hall–Kier alpha value is -1.10. The van der Waals surface area contributed by atoms with E-state index in [1.165, 1.54) is 17.4 Å². The van der Waals surface area contributed by atoms with Crippen LogP contribution < -0.4 is 4.74 Å². The van der Waals surface area contributed by atoms with Gasteiger partial charge in [0, 0.05) is 11.4 Å². The average Bonchev–Trinajstić information content (AvgIpc) is 2.36. The minimum absolute atomic E-state index is 0.0526. The molecule has 0 fully saturated rings. The van der Waals surface area contributed by atoms with Crippen molar-refractivity contribution in [2.75, 3.05) is 6.61 Å². The Kier molecular flexibility index (Phi) is 2.43. The summed E-state index contributed by atoms with van der Waals surface area (Å²) in [6, 6.07) is 1.44. The van der Waals surface area contributed by atoms with Gasteiger partial charge >= 0.3 is 5.69 Å². The molecule has 0 unspecified atom stereocenters. The molecule has 0 spiro atoms. The highest BCUT2D eigenvalue weighted by Crippen LogP contribution is 2.32. The minimum Gasteiger partial charge on any atom is -0.479 e. The van der Waals surface area contributed by atoms with Crippen molar-refractivity contribution in [1.29, 1.82) is 0 Å². The van der Waals surface area contributed by atoms with Crippen LogP contribution in [0.15, 0.2) is 11.4 Å². The van der Waals surface area contributed by atoms with Crippen LogP contribution in [-0.2, 0) is 0 Å². The van der Waals surface area contributed by atoms with E-state index < -0.39 is 4.92 Å². The molecule has 11 heavy (non-hydrogen) atoms. The Labute approximate surface area is 67.6 Å². The summed E-state index contributed by atoms with van der Waals surface area (Å²) in [5.74, 6) is 0. The molecule has 0 N–H and O–H groups in total. The van der Waals surface area contributed by atoms with E-state index in [9.17, 15) is 10.1 Å². The number of thiophene rings is 1. The largest absolute Gasteiger partial charge is 0.479 e. The van der Waals surface area contributed by atoms with Gasteiger partial charge in [-0.25, -0.2) is 0 Å². The molecule has 0 aliphatic rings. The Bertz CT molecular complexity index is 258. The summed E-state index contributed by atoms with van der Waals surface area (Å²) in [4.78, 5) is 9.85. The summed E-state index contributed by atoms with van der Waals surface area (Å²) in [6.45, 7) is 2.25. The Morgan fingerprint density at radius 2 is 2.55 bits per heavy atom. The van der Waals surface area contributed by atoms with Gasteiger partial charge in [-0.2, -0.15) is 0 Å². The Morgan fingerprint density at radius 3 is 3.09 bits per heavy atom. The molecule has 4 nitrogen and oxygen atoms in total. The van der Waals surface area contributed by atoms with Gasteiger partial charge in [-0.05, 0) is 6.92 Å². The molecule has 0 aliphatic carbocycles. The van der Waals surface area contributed by atoms with E-state index in [2.05, 4.69) is 0 Å². The summed E-state index contributed by atoms with van der Waals surface area (Å²) in [5, 5.41) is 12.3. The van der Waals surface area contributed by atoms with E-state index in [0.717, 1.165) is 0 Å². The molecule has 0 radical (unpaired) electrons. The average molecular weight is 173 g/mol. The lowest BCUT2D eigenvalue weighted by Crippen LogP contribution is -1.93. The first-order chi connectivity index (χ1) is 5.25. The first kappa shape index (κ1) is 8.00. The molecule has 1 heterocycles. The maximum absolute atomic E-state index is 10.3. The molecule has 0 saturated heterocycles. The Balaban J connectivity index is 2.87. The van der Waals surface area contributed by atoms with Crippen molar-refractivity contribution in [1.82, 2.24) is 0 Å². The normalized spacial score (nSPS) is 9.55. The highest BCUT2D eigenvalue weighted by molar-refractivity contribution is 7.12. The van der Waals surface area contributed by atoms with Crippen LogP contribution in [0.2, 0.25) is 0 Å². The van der Waals surface area contributed by atoms with Gasteiger partial charge in [-0.15, -0.1) is 11.3 Å². The molecule has 1 rings (SSSR count). The van der Waals surface area contributed by atoms with Crippen molar-refractivity contribution in [3.63, 3.8) is 0 Å². The zero-order valence-electron chi connectivity index (χ0n) is 5.94. The lowest BCUT2D eigenvalue weighted by Gasteiger charge is -1.96. The van der Waals surface area contributed by atoms with E-state index in [0.29, 0.717) is 11.7 Å². The van der Waals surface area contributed by atoms with Gasteiger partial charge in [-0.3, -0.25) is 10.1 Å². The Morgan fingerprint density at radius 1 is 1.82 bits per heavy atom. The van der Waals surface area contributed by atoms with Crippen molar-refractivity contribution in [3.05, 3.63) is 21.6 Å². The van der Waals surface area contributed by atoms with Gasteiger partial charge in [0.2, 0.25) is 0 Å². The third-order valence-electron chi connectivity index (χ3n) is 1.08. The zero-order valence-corrected chi connectivity index (χ0v) is 6.76. The van der Waals surface area contributed by atoms with Crippen LogP contribution >= 0.6 is 11.3 Å². The fourth-order valence-electron chi connectivity index (χ4n) is 0.663. The zero-order chi connectivity index (χ0) is 8.27. The van der Waals surface area contributed by atoms with Gasteiger partial charge in [0.25, 0.3) is 5.06 Å². The molecule has 1 aromatic heterocycles. The number of nitro groups is 1. The van der Waals surface area contributed by atoms with Crippen LogP contribution in [0.25, 0.3) is 0 Å². The van der Waals surface area contributed by atoms with Gasteiger partial charge in [-0.1, -0.05) is 0 Å². The van der Waals surface area contributed by atoms with E-state index in [1.807, 2.05) is 0 Å². The van der Waals surface area contributed by atoms with Crippen molar-refractivity contribution >= 4 is 17.0 Å². The maximum Gasteiger partial charge on any atom is 0.322 e. The highest BCUT2D eigenvalue weighted by atomic mass is 32.1. The SMILES string of the molecule is CCOc1sccc1[N+](=O)[O-]. The van der Waals surface area contributed by atoms with Crippen molar-refractivity contribution in [3.8, 4) is 5.06 Å². The predicted octanol–water partition coefficient (Wildman–Crippen LogP) is 2.05. The van der Waals surface area contributed by atoms with Crippen LogP contribution in [-0.4, -0.2) is 11.5 Å². The molecule has 0 atom stereocenters. The summed E-state index contributed by atoms with van der Waals surface area (Å²) in [6.07, 6.45) is 0. The molecule has 0 bridgehead atoms. The molecule has 0 saturated carbocycles. The second kappa shape index (κ2) is 3.34. The standard InChI is InChI=1S/C6H7NO3S/c1-2-10-6-5(7(8)9)3-4-11-6/h3-4H,2H2,1H3. The summed E-state index contributed by atoms with van der Waals surface area (Å²) < 4.78 is 5.02. The third-order valence-corrected chi connectivity index (χ3v) is 1.90. The molecule has 60 valence electrons. The molecule has 0 amide bonds. The molecule has 5 heteroatoms. The lowest BCUT2D eigenvalue weighted by molar-refractivity contribution is -0.385. The van der Waals surface area contributed by atoms with Crippen LogP contribution in [0, 0.1) is 10.1 Å². The molecular formula is C6H7NO3S. The topological polar surface area (TPSA) is 52.4 Å². The molecule has 0 aromatic carbocycles. The van der Waals surface area contributed by atoms with Gasteiger partial charge in [0.05, 0.1) is 11.5 Å². The van der Waals surface area contributed by atoms with Crippen molar-refractivity contribution in [2.24, 2.45) is 0 Å². The highest BCUT2D eigenvalue weighted by Gasteiger charge is 2.15. The second-order valence-corrected chi connectivity index (χ2v) is 2.66. The van der Waals surface area contributed by atoms with Gasteiger partial charge < -0.3 is 4.74 Å². The number of ether oxygens (including phenoxy) is 1. The predicted molar refractivity (Wildman–Crippen MR) is 42.1 cm³/mol. The molecule has 0 aliphatic heterocycles. The smallest absolute Gasteiger partial charge is 0.322 e. The first-order valence-corrected chi connectivity index (χ1v) is 3.98. The third kappa shape index (κ3) is 1.68. The van der Waals surface area contributed by atoms with Crippen molar-refractivity contribution < 1.29 is 9.66 Å². The number of hydrogen-bond donors (Lipinski definition) is 0. The first-order valence-electron chi connectivity index (χ1n) is 3.10. The quantitative estimate of drug-likeness (QED) is 0.519. The lowest BCUT2D eigenvalue weighted by atomic mass is 10.5. The summed E-state index contributed by atoms with van der Waals surface area (Å²) in [7, 11) is 0. The number of rotatable bonds is 3. The minimum atomic E-state index is -0.443. The number of hydrogen-bond acceptors (Lipinski definition) is 4. The summed E-state index contributed by atoms with van der Waals surface area (Å²) >= 11 is 1.24. The van der Waals surface area contributed by atoms with Crippen LogP contribution in [0.5, 0.6) is 5.06 Å². The van der Waals surface area contributed by atoms with Crippen LogP contribution in [0.1, 0.15) is 6.92 Å². The van der Waals surface area contributed by atoms with E-state index in [-0.39, 0.29) is 5.69 Å². The van der Waals surface area contributed by atoms with E-state index >= 15 is 0 Å². The summed E-state index contributed by atoms with van der Waals surface area (Å²) in [5.41, 5.74) is 0.0526.